The molecule has 4 rings (SSSR count). The van der Waals surface area contributed by atoms with E-state index in [4.69, 9.17) is 9.47 Å². The Morgan fingerprint density at radius 3 is 2.58 bits per heavy atom. The van der Waals surface area contributed by atoms with E-state index in [0.29, 0.717) is 24.6 Å². The molecule has 0 N–H and O–H groups in total. The Balaban J connectivity index is 1.65. The molecule has 0 aliphatic carbocycles. The Kier molecular flexibility index (Phi) is 6.32. The molecular formula is C24H22N4O3. The van der Waals surface area contributed by atoms with Crippen LogP contribution in [0.5, 0.6) is 5.75 Å². The van der Waals surface area contributed by atoms with Gasteiger partial charge in [0, 0.05) is 18.0 Å². The van der Waals surface area contributed by atoms with Crippen molar-refractivity contribution < 1.29 is 14.3 Å². The van der Waals surface area contributed by atoms with Gasteiger partial charge in [-0.2, -0.15) is 0 Å². The zero-order valence-corrected chi connectivity index (χ0v) is 17.1. The van der Waals surface area contributed by atoms with Crippen molar-refractivity contribution in [2.24, 2.45) is 0 Å². The van der Waals surface area contributed by atoms with Crippen LogP contribution in [-0.2, 0) is 16.1 Å². The molecule has 0 atom stereocenters. The molecular weight excluding hydrogens is 392 g/mol. The minimum Gasteiger partial charge on any atom is -0.481 e. The van der Waals surface area contributed by atoms with Gasteiger partial charge in [-0.3, -0.25) is 4.98 Å². The third kappa shape index (κ3) is 5.14. The van der Waals surface area contributed by atoms with Crippen molar-refractivity contribution in [3.8, 4) is 28.1 Å². The first kappa shape index (κ1) is 20.3. The lowest BCUT2D eigenvalue weighted by Crippen LogP contribution is -2.14. The van der Waals surface area contributed by atoms with E-state index in [2.05, 4.69) is 15.3 Å². The third-order valence-corrected chi connectivity index (χ3v) is 4.65. The number of ether oxygens (including phenoxy) is 2. The van der Waals surface area contributed by atoms with Gasteiger partial charge >= 0.3 is 5.97 Å². The molecule has 0 radical (unpaired) electrons. The molecule has 0 saturated carbocycles. The molecule has 0 amide bonds. The Morgan fingerprint density at radius 1 is 1.00 bits per heavy atom. The Bertz CT molecular complexity index is 1140. The minimum atomic E-state index is -0.417. The number of rotatable bonds is 8. The van der Waals surface area contributed by atoms with Crippen LogP contribution in [0.3, 0.4) is 0 Å². The van der Waals surface area contributed by atoms with Gasteiger partial charge in [-0.05, 0) is 47.9 Å². The summed E-state index contributed by atoms with van der Waals surface area (Å²) in [6, 6.07) is 19.7. The number of carbonyl (C=O) groups excluding carboxylic acids is 1. The van der Waals surface area contributed by atoms with E-state index in [-0.39, 0.29) is 6.61 Å². The molecule has 0 spiro atoms. The van der Waals surface area contributed by atoms with Crippen molar-refractivity contribution in [2.75, 3.05) is 13.2 Å². The van der Waals surface area contributed by atoms with Gasteiger partial charge in [0.05, 0.1) is 19.3 Å². The smallest absolute Gasteiger partial charge is 0.344 e. The lowest BCUT2D eigenvalue weighted by Gasteiger charge is -2.11. The molecule has 0 bridgehead atoms. The van der Waals surface area contributed by atoms with Gasteiger partial charge in [-0.25, -0.2) is 9.48 Å². The van der Waals surface area contributed by atoms with E-state index in [9.17, 15) is 4.79 Å². The summed E-state index contributed by atoms with van der Waals surface area (Å²) in [6.45, 7) is 2.51. The van der Waals surface area contributed by atoms with Crippen LogP contribution in [0.1, 0.15) is 12.5 Å². The summed E-state index contributed by atoms with van der Waals surface area (Å²) < 4.78 is 12.5. The molecule has 2 aromatic heterocycles. The quantitative estimate of drug-likeness (QED) is 0.406. The van der Waals surface area contributed by atoms with E-state index < -0.39 is 5.97 Å². The number of hydrogen-bond donors (Lipinski definition) is 0. The number of benzene rings is 2. The summed E-state index contributed by atoms with van der Waals surface area (Å²) in [5, 5.41) is 8.61. The molecule has 0 saturated heterocycles. The van der Waals surface area contributed by atoms with Gasteiger partial charge in [-0.15, -0.1) is 5.10 Å². The van der Waals surface area contributed by atoms with Crippen molar-refractivity contribution in [1.29, 1.82) is 0 Å². The molecule has 2 aromatic carbocycles. The van der Waals surface area contributed by atoms with Crippen LogP contribution in [0.25, 0.3) is 22.4 Å². The average molecular weight is 414 g/mol. The van der Waals surface area contributed by atoms with Gasteiger partial charge in [0.15, 0.2) is 6.61 Å². The first-order valence-electron chi connectivity index (χ1n) is 10.00. The fourth-order valence-electron chi connectivity index (χ4n) is 3.19. The van der Waals surface area contributed by atoms with Gasteiger partial charge in [-0.1, -0.05) is 41.6 Å². The zero-order valence-electron chi connectivity index (χ0n) is 17.1. The second-order valence-corrected chi connectivity index (χ2v) is 6.83. The maximum Gasteiger partial charge on any atom is 0.344 e. The second-order valence-electron chi connectivity index (χ2n) is 6.83. The molecule has 7 nitrogen and oxygen atoms in total. The Labute approximate surface area is 180 Å². The van der Waals surface area contributed by atoms with Crippen LogP contribution in [0.2, 0.25) is 0 Å². The summed E-state index contributed by atoms with van der Waals surface area (Å²) in [6.07, 6.45) is 5.36. The number of aromatic nitrogens is 4. The molecule has 156 valence electrons. The number of hydrogen-bond acceptors (Lipinski definition) is 6. The van der Waals surface area contributed by atoms with Crippen LogP contribution in [0.15, 0.2) is 79.3 Å². The highest BCUT2D eigenvalue weighted by Gasteiger charge is 2.14. The highest BCUT2D eigenvalue weighted by Crippen LogP contribution is 2.33. The number of carbonyl (C=O) groups is 1. The Morgan fingerprint density at radius 2 is 1.81 bits per heavy atom. The topological polar surface area (TPSA) is 79.1 Å². The van der Waals surface area contributed by atoms with Crippen LogP contribution in [0, 0.1) is 0 Å². The zero-order chi connectivity index (χ0) is 21.5. The monoisotopic (exact) mass is 414 g/mol. The third-order valence-electron chi connectivity index (χ3n) is 4.65. The van der Waals surface area contributed by atoms with Crippen LogP contribution in [-0.4, -0.2) is 39.2 Å². The van der Waals surface area contributed by atoms with E-state index >= 15 is 0 Å². The largest absolute Gasteiger partial charge is 0.481 e. The fourth-order valence-corrected chi connectivity index (χ4v) is 3.19. The van der Waals surface area contributed by atoms with Crippen molar-refractivity contribution in [2.45, 2.75) is 13.5 Å². The summed E-state index contributed by atoms with van der Waals surface area (Å²) in [7, 11) is 0. The predicted molar refractivity (Wildman–Crippen MR) is 116 cm³/mol. The van der Waals surface area contributed by atoms with E-state index in [1.807, 2.05) is 66.9 Å². The lowest BCUT2D eigenvalue weighted by molar-refractivity contribution is -0.145. The van der Waals surface area contributed by atoms with E-state index in [0.717, 1.165) is 22.3 Å². The normalized spacial score (nSPS) is 10.6. The average Bonchev–Trinajstić information content (AvgIpc) is 3.27. The molecule has 0 unspecified atom stereocenters. The van der Waals surface area contributed by atoms with Crippen LogP contribution in [0.4, 0.5) is 0 Å². The van der Waals surface area contributed by atoms with E-state index in [1.54, 1.807) is 24.0 Å². The number of nitrogens with zero attached hydrogens (tertiary/aromatic N) is 4. The number of esters is 1. The van der Waals surface area contributed by atoms with Crippen molar-refractivity contribution in [1.82, 2.24) is 20.0 Å². The minimum absolute atomic E-state index is 0.173. The lowest BCUT2D eigenvalue weighted by atomic mass is 10.0. The Hall–Kier alpha value is -4.00. The summed E-state index contributed by atoms with van der Waals surface area (Å²) >= 11 is 0. The van der Waals surface area contributed by atoms with Crippen LogP contribution >= 0.6 is 0 Å². The first-order valence-corrected chi connectivity index (χ1v) is 10.00. The van der Waals surface area contributed by atoms with Gasteiger partial charge in [0.2, 0.25) is 0 Å². The predicted octanol–water partition coefficient (Wildman–Crippen LogP) is 4.00. The van der Waals surface area contributed by atoms with Crippen LogP contribution < -0.4 is 4.74 Å². The first-order chi connectivity index (χ1) is 15.2. The number of pyridine rings is 1. The van der Waals surface area contributed by atoms with Crippen molar-refractivity contribution >= 4 is 5.97 Å². The summed E-state index contributed by atoms with van der Waals surface area (Å²) in [4.78, 5) is 15.9. The van der Waals surface area contributed by atoms with E-state index in [1.165, 1.54) is 0 Å². The maximum absolute atomic E-state index is 11.8. The molecule has 4 aromatic rings. The van der Waals surface area contributed by atoms with Gasteiger partial charge < -0.3 is 9.47 Å². The van der Waals surface area contributed by atoms with Crippen molar-refractivity contribution in [3.63, 3.8) is 0 Å². The SMILES string of the molecule is CCOC(=O)COc1ccc(-c2ccncc2)cc1-c1cn(Cc2ccccc2)nn1. The van der Waals surface area contributed by atoms with Gasteiger partial charge in [0.1, 0.15) is 11.4 Å². The molecule has 0 aliphatic heterocycles. The highest BCUT2D eigenvalue weighted by molar-refractivity contribution is 5.76. The fraction of sp³-hybridized carbons (Fsp3) is 0.167. The second kappa shape index (κ2) is 9.67. The molecule has 0 fully saturated rings. The molecule has 2 heterocycles. The van der Waals surface area contributed by atoms with Crippen molar-refractivity contribution in [3.05, 3.63) is 84.8 Å². The maximum atomic E-state index is 11.8. The molecule has 7 heteroatoms. The molecule has 31 heavy (non-hydrogen) atoms. The highest BCUT2D eigenvalue weighted by atomic mass is 16.6. The standard InChI is InChI=1S/C24H22N4O3/c1-2-30-24(29)17-31-23-9-8-20(19-10-12-25-13-11-19)14-21(23)22-16-28(27-26-22)15-18-6-4-3-5-7-18/h3-14,16H,2,15,17H2,1H3. The molecule has 0 aliphatic rings. The van der Waals surface area contributed by atoms with Gasteiger partial charge in [0.25, 0.3) is 0 Å². The summed E-state index contributed by atoms with van der Waals surface area (Å²) in [5.41, 5.74) is 4.54. The summed E-state index contributed by atoms with van der Waals surface area (Å²) in [5.74, 6) is 0.122.